The van der Waals surface area contributed by atoms with Crippen LogP contribution in [0, 0.1) is 0 Å². The van der Waals surface area contributed by atoms with E-state index in [-0.39, 0.29) is 6.54 Å². The van der Waals surface area contributed by atoms with Crippen LogP contribution < -0.4 is 5.32 Å². The number of amides is 3. The van der Waals surface area contributed by atoms with Gasteiger partial charge < -0.3 is 14.8 Å². The monoisotopic (exact) mass is 306 g/mol. The van der Waals surface area contributed by atoms with Gasteiger partial charge in [0.25, 0.3) is 11.8 Å². The third kappa shape index (κ3) is 2.86. The van der Waals surface area contributed by atoms with Gasteiger partial charge in [0.1, 0.15) is 6.04 Å². The van der Waals surface area contributed by atoms with Crippen LogP contribution in [0.3, 0.4) is 0 Å². The first-order chi connectivity index (χ1) is 10.5. The Morgan fingerprint density at radius 2 is 1.64 bits per heavy atom. The Morgan fingerprint density at radius 3 is 2.09 bits per heavy atom. The molecule has 7 nitrogen and oxygen atoms in total. The van der Waals surface area contributed by atoms with Crippen LogP contribution in [0.1, 0.15) is 27.6 Å². The van der Waals surface area contributed by atoms with Gasteiger partial charge in [-0.3, -0.25) is 19.3 Å². The van der Waals surface area contributed by atoms with E-state index in [2.05, 4.69) is 5.32 Å². The largest absolute Gasteiger partial charge is 0.354 e. The van der Waals surface area contributed by atoms with Crippen LogP contribution in [0.25, 0.3) is 0 Å². The van der Waals surface area contributed by atoms with Gasteiger partial charge in [0.2, 0.25) is 5.91 Å². The van der Waals surface area contributed by atoms with Gasteiger partial charge in [0, 0.05) is 14.2 Å². The summed E-state index contributed by atoms with van der Waals surface area (Å²) in [6, 6.07) is 5.60. The average Bonchev–Trinajstić information content (AvgIpc) is 2.79. The number of nitrogens with one attached hydrogen (secondary N) is 1. The number of hydrogen-bond donors (Lipinski definition) is 1. The molecule has 0 aliphatic carbocycles. The zero-order valence-electron chi connectivity index (χ0n) is 12.7. The average molecular weight is 306 g/mol. The molecule has 0 saturated carbocycles. The Kier molecular flexibility index (Phi) is 4.89. The molecule has 1 N–H and O–H groups in total. The van der Waals surface area contributed by atoms with E-state index in [9.17, 15) is 14.4 Å². The standard InChI is InChI=1S/C15H18N2O5/c1-9(13(18)16-8-12(21-2)22-3)17-14(19)10-6-4-5-7-11(10)15(17)20/h4-7,9,12H,8H2,1-3H3,(H,16,18). The Hall–Kier alpha value is -2.25. The SMILES string of the molecule is COC(CNC(=O)C(C)N1C(=O)c2ccccc2C1=O)OC. The zero-order valence-corrected chi connectivity index (χ0v) is 12.7. The number of nitrogens with zero attached hydrogens (tertiary/aromatic N) is 1. The number of imide groups is 1. The molecule has 1 atom stereocenters. The predicted molar refractivity (Wildman–Crippen MR) is 77.2 cm³/mol. The summed E-state index contributed by atoms with van der Waals surface area (Å²) in [5.74, 6) is -1.37. The molecule has 7 heteroatoms. The van der Waals surface area contributed by atoms with Gasteiger partial charge in [0.15, 0.2) is 6.29 Å². The highest BCUT2D eigenvalue weighted by molar-refractivity contribution is 6.22. The van der Waals surface area contributed by atoms with Crippen molar-refractivity contribution in [3.05, 3.63) is 35.4 Å². The lowest BCUT2D eigenvalue weighted by atomic mass is 10.1. The fourth-order valence-corrected chi connectivity index (χ4v) is 2.27. The van der Waals surface area contributed by atoms with Gasteiger partial charge >= 0.3 is 0 Å². The maximum absolute atomic E-state index is 12.3. The van der Waals surface area contributed by atoms with E-state index < -0.39 is 30.1 Å². The summed E-state index contributed by atoms with van der Waals surface area (Å²) in [5, 5.41) is 2.59. The normalized spacial score (nSPS) is 15.2. The molecule has 118 valence electrons. The van der Waals surface area contributed by atoms with E-state index in [0.717, 1.165) is 4.90 Å². The van der Waals surface area contributed by atoms with E-state index in [1.54, 1.807) is 24.3 Å². The second-order valence-corrected chi connectivity index (χ2v) is 4.85. The lowest BCUT2D eigenvalue weighted by Gasteiger charge is -2.22. The molecule has 0 spiro atoms. The van der Waals surface area contributed by atoms with Gasteiger partial charge in [0.05, 0.1) is 17.7 Å². The van der Waals surface area contributed by atoms with Crippen molar-refractivity contribution in [1.82, 2.24) is 10.2 Å². The van der Waals surface area contributed by atoms with Gasteiger partial charge in [-0.05, 0) is 19.1 Å². The number of ether oxygens (including phenoxy) is 2. The quantitative estimate of drug-likeness (QED) is 0.607. The maximum Gasteiger partial charge on any atom is 0.262 e. The van der Waals surface area contributed by atoms with E-state index in [0.29, 0.717) is 11.1 Å². The van der Waals surface area contributed by atoms with Crippen molar-refractivity contribution >= 4 is 17.7 Å². The molecule has 1 aromatic rings. The van der Waals surface area contributed by atoms with Gasteiger partial charge in [-0.25, -0.2) is 0 Å². The molecule has 22 heavy (non-hydrogen) atoms. The van der Waals surface area contributed by atoms with Crippen molar-refractivity contribution < 1.29 is 23.9 Å². The topological polar surface area (TPSA) is 84.9 Å². The van der Waals surface area contributed by atoms with Gasteiger partial charge in [-0.2, -0.15) is 0 Å². The molecule has 1 aliphatic rings. The fourth-order valence-electron chi connectivity index (χ4n) is 2.27. The molecule has 1 aromatic carbocycles. The van der Waals surface area contributed by atoms with E-state index >= 15 is 0 Å². The molecular weight excluding hydrogens is 288 g/mol. The number of carbonyl (C=O) groups excluding carboxylic acids is 3. The minimum absolute atomic E-state index is 0.124. The summed E-state index contributed by atoms with van der Waals surface area (Å²) in [5.41, 5.74) is 0.637. The Morgan fingerprint density at radius 1 is 1.14 bits per heavy atom. The highest BCUT2D eigenvalue weighted by atomic mass is 16.7. The zero-order chi connectivity index (χ0) is 16.3. The van der Waals surface area contributed by atoms with Crippen LogP contribution in [0.15, 0.2) is 24.3 Å². The van der Waals surface area contributed by atoms with Gasteiger partial charge in [-0.1, -0.05) is 12.1 Å². The number of benzene rings is 1. The molecule has 0 bridgehead atoms. The van der Waals surface area contributed by atoms with E-state index in [1.807, 2.05) is 0 Å². The lowest BCUT2D eigenvalue weighted by Crippen LogP contribution is -2.49. The first kappa shape index (κ1) is 16.1. The van der Waals surface area contributed by atoms with Crippen molar-refractivity contribution in [2.45, 2.75) is 19.3 Å². The number of hydrogen-bond acceptors (Lipinski definition) is 5. The predicted octanol–water partition coefficient (Wildman–Crippen LogP) is 0.406. The number of fused-ring (bicyclic) bond motifs is 1. The van der Waals surface area contributed by atoms with E-state index in [1.165, 1.54) is 21.1 Å². The minimum Gasteiger partial charge on any atom is -0.354 e. The highest BCUT2D eigenvalue weighted by Gasteiger charge is 2.40. The molecule has 1 aliphatic heterocycles. The lowest BCUT2D eigenvalue weighted by molar-refractivity contribution is -0.130. The third-order valence-corrected chi connectivity index (χ3v) is 3.56. The molecule has 0 fully saturated rings. The smallest absolute Gasteiger partial charge is 0.262 e. The first-order valence-electron chi connectivity index (χ1n) is 6.81. The molecule has 2 rings (SSSR count). The minimum atomic E-state index is -0.915. The maximum atomic E-state index is 12.3. The molecule has 1 heterocycles. The van der Waals surface area contributed by atoms with Crippen LogP contribution in [0.5, 0.6) is 0 Å². The van der Waals surface area contributed by atoms with Crippen molar-refractivity contribution in [3.8, 4) is 0 Å². The summed E-state index contributed by atoms with van der Waals surface area (Å²) in [7, 11) is 2.90. The summed E-state index contributed by atoms with van der Waals surface area (Å²) in [6.07, 6.45) is -0.585. The summed E-state index contributed by atoms with van der Waals surface area (Å²) in [4.78, 5) is 37.7. The molecule has 0 saturated heterocycles. The Labute approximate surface area is 128 Å². The summed E-state index contributed by atoms with van der Waals surface area (Å²) >= 11 is 0. The van der Waals surface area contributed by atoms with Crippen molar-refractivity contribution in [2.24, 2.45) is 0 Å². The second kappa shape index (κ2) is 6.67. The van der Waals surface area contributed by atoms with Crippen molar-refractivity contribution in [2.75, 3.05) is 20.8 Å². The molecule has 3 amide bonds. The fraction of sp³-hybridized carbons (Fsp3) is 0.400. The number of rotatable bonds is 6. The molecular formula is C15H18N2O5. The van der Waals surface area contributed by atoms with Crippen LogP contribution in [0.4, 0.5) is 0 Å². The van der Waals surface area contributed by atoms with Crippen molar-refractivity contribution in [3.63, 3.8) is 0 Å². The van der Waals surface area contributed by atoms with Crippen LogP contribution in [-0.2, 0) is 14.3 Å². The second-order valence-electron chi connectivity index (χ2n) is 4.85. The third-order valence-electron chi connectivity index (χ3n) is 3.56. The summed E-state index contributed by atoms with van der Waals surface area (Å²) in [6.45, 7) is 1.63. The molecule has 1 unspecified atom stereocenters. The first-order valence-corrected chi connectivity index (χ1v) is 6.81. The van der Waals surface area contributed by atoms with E-state index in [4.69, 9.17) is 9.47 Å². The number of carbonyl (C=O) groups is 3. The molecule has 0 radical (unpaired) electrons. The molecule has 0 aromatic heterocycles. The Balaban J connectivity index is 2.08. The van der Waals surface area contributed by atoms with Crippen LogP contribution in [0.2, 0.25) is 0 Å². The number of methoxy groups -OCH3 is 2. The van der Waals surface area contributed by atoms with Crippen molar-refractivity contribution in [1.29, 1.82) is 0 Å². The van der Waals surface area contributed by atoms with Crippen LogP contribution >= 0.6 is 0 Å². The summed E-state index contributed by atoms with van der Waals surface area (Å²) < 4.78 is 9.93. The van der Waals surface area contributed by atoms with Crippen LogP contribution in [-0.4, -0.2) is 55.7 Å². The Bertz CT molecular complexity index is 562. The van der Waals surface area contributed by atoms with Gasteiger partial charge in [-0.15, -0.1) is 0 Å². The highest BCUT2D eigenvalue weighted by Crippen LogP contribution is 2.24.